The lowest BCUT2D eigenvalue weighted by Crippen LogP contribution is -2.35. The van der Waals surface area contributed by atoms with Crippen LogP contribution >= 0.6 is 0 Å². The second-order valence-corrected chi connectivity index (χ2v) is 5.73. The van der Waals surface area contributed by atoms with E-state index in [-0.39, 0.29) is 17.9 Å². The van der Waals surface area contributed by atoms with E-state index in [1.165, 1.54) is 38.2 Å². The molecule has 0 radical (unpaired) electrons. The highest BCUT2D eigenvalue weighted by atomic mass is 16.2. The van der Waals surface area contributed by atoms with Crippen molar-refractivity contribution in [3.63, 3.8) is 0 Å². The van der Waals surface area contributed by atoms with Crippen molar-refractivity contribution in [3.8, 4) is 0 Å². The van der Waals surface area contributed by atoms with Crippen molar-refractivity contribution in [3.05, 3.63) is 35.9 Å². The SMILES string of the molecule is CC(=O)NCCC(=O)NC(c1ccccc1)C1CCCC1. The Morgan fingerprint density at radius 3 is 2.48 bits per heavy atom. The lowest BCUT2D eigenvalue weighted by atomic mass is 9.91. The van der Waals surface area contributed by atoms with Gasteiger partial charge in [0.1, 0.15) is 0 Å². The third-order valence-corrected chi connectivity index (χ3v) is 4.07. The molecule has 2 rings (SSSR count). The molecule has 2 N–H and O–H groups in total. The molecule has 21 heavy (non-hydrogen) atoms. The summed E-state index contributed by atoms with van der Waals surface area (Å²) in [6, 6.07) is 10.3. The molecule has 2 amide bonds. The van der Waals surface area contributed by atoms with Crippen LogP contribution in [0, 0.1) is 5.92 Å². The van der Waals surface area contributed by atoms with E-state index in [2.05, 4.69) is 22.8 Å². The smallest absolute Gasteiger partial charge is 0.222 e. The van der Waals surface area contributed by atoms with Crippen molar-refractivity contribution in [1.82, 2.24) is 10.6 Å². The molecule has 1 aliphatic rings. The zero-order valence-corrected chi connectivity index (χ0v) is 12.6. The summed E-state index contributed by atoms with van der Waals surface area (Å²) in [6.07, 6.45) is 5.16. The molecule has 114 valence electrons. The fourth-order valence-corrected chi connectivity index (χ4v) is 3.02. The highest BCUT2D eigenvalue weighted by molar-refractivity contribution is 5.78. The summed E-state index contributed by atoms with van der Waals surface area (Å²) in [6.45, 7) is 1.86. The first-order valence-corrected chi connectivity index (χ1v) is 7.75. The summed E-state index contributed by atoms with van der Waals surface area (Å²) in [7, 11) is 0. The van der Waals surface area contributed by atoms with Gasteiger partial charge in [-0.2, -0.15) is 0 Å². The van der Waals surface area contributed by atoms with Crippen molar-refractivity contribution in [2.75, 3.05) is 6.54 Å². The largest absolute Gasteiger partial charge is 0.356 e. The van der Waals surface area contributed by atoms with E-state index < -0.39 is 0 Å². The van der Waals surface area contributed by atoms with Crippen molar-refractivity contribution >= 4 is 11.8 Å². The predicted octanol–water partition coefficient (Wildman–Crippen LogP) is 2.56. The van der Waals surface area contributed by atoms with Crippen LogP contribution in [-0.4, -0.2) is 18.4 Å². The quantitative estimate of drug-likeness (QED) is 0.845. The van der Waals surface area contributed by atoms with Gasteiger partial charge in [-0.1, -0.05) is 43.2 Å². The number of carbonyl (C=O) groups excluding carboxylic acids is 2. The predicted molar refractivity (Wildman–Crippen MR) is 82.6 cm³/mol. The maximum Gasteiger partial charge on any atom is 0.222 e. The Labute approximate surface area is 126 Å². The Morgan fingerprint density at radius 2 is 1.86 bits per heavy atom. The Morgan fingerprint density at radius 1 is 1.19 bits per heavy atom. The summed E-state index contributed by atoms with van der Waals surface area (Å²) in [5.41, 5.74) is 1.18. The Hall–Kier alpha value is -1.84. The zero-order valence-electron chi connectivity index (χ0n) is 12.6. The molecule has 0 aromatic heterocycles. The monoisotopic (exact) mass is 288 g/mol. The molecule has 1 aromatic carbocycles. The second-order valence-electron chi connectivity index (χ2n) is 5.73. The maximum absolute atomic E-state index is 12.1. The lowest BCUT2D eigenvalue weighted by Gasteiger charge is -2.25. The van der Waals surface area contributed by atoms with Gasteiger partial charge in [0.2, 0.25) is 11.8 Å². The van der Waals surface area contributed by atoms with Crippen molar-refractivity contribution in [2.45, 2.75) is 45.1 Å². The molecule has 1 aromatic rings. The molecular formula is C17H24N2O2. The van der Waals surface area contributed by atoms with E-state index >= 15 is 0 Å². The number of hydrogen-bond acceptors (Lipinski definition) is 2. The van der Waals surface area contributed by atoms with Gasteiger partial charge in [-0.05, 0) is 24.3 Å². The molecule has 1 atom stereocenters. The molecular weight excluding hydrogens is 264 g/mol. The van der Waals surface area contributed by atoms with Crippen LogP contribution in [0.15, 0.2) is 30.3 Å². The standard InChI is InChI=1S/C17H24N2O2/c1-13(20)18-12-11-16(21)19-17(15-9-5-6-10-15)14-7-3-2-4-8-14/h2-4,7-8,15,17H,5-6,9-12H2,1H3,(H,18,20)(H,19,21). The first kappa shape index (κ1) is 15.5. The number of amides is 2. The number of rotatable bonds is 6. The van der Waals surface area contributed by atoms with Gasteiger partial charge < -0.3 is 10.6 Å². The van der Waals surface area contributed by atoms with Gasteiger partial charge in [-0.25, -0.2) is 0 Å². The number of benzene rings is 1. The molecule has 0 spiro atoms. The van der Waals surface area contributed by atoms with E-state index in [0.717, 1.165) is 0 Å². The van der Waals surface area contributed by atoms with Crippen LogP contribution in [-0.2, 0) is 9.59 Å². The van der Waals surface area contributed by atoms with Gasteiger partial charge in [0, 0.05) is 19.9 Å². The van der Waals surface area contributed by atoms with Gasteiger partial charge in [0.05, 0.1) is 6.04 Å². The molecule has 0 aliphatic heterocycles. The van der Waals surface area contributed by atoms with E-state index in [9.17, 15) is 9.59 Å². The molecule has 1 unspecified atom stereocenters. The zero-order chi connectivity index (χ0) is 15.1. The maximum atomic E-state index is 12.1. The van der Waals surface area contributed by atoms with Crippen molar-refractivity contribution < 1.29 is 9.59 Å². The van der Waals surface area contributed by atoms with Crippen molar-refractivity contribution in [1.29, 1.82) is 0 Å². The van der Waals surface area contributed by atoms with E-state index in [0.29, 0.717) is 18.9 Å². The third kappa shape index (κ3) is 4.88. The minimum absolute atomic E-state index is 0.00417. The summed E-state index contributed by atoms with van der Waals surface area (Å²) in [5, 5.41) is 5.82. The van der Waals surface area contributed by atoms with Crippen LogP contribution in [0.4, 0.5) is 0 Å². The average Bonchev–Trinajstić information content (AvgIpc) is 2.99. The van der Waals surface area contributed by atoms with Gasteiger partial charge in [0.25, 0.3) is 0 Å². The summed E-state index contributed by atoms with van der Waals surface area (Å²) < 4.78 is 0. The average molecular weight is 288 g/mol. The highest BCUT2D eigenvalue weighted by Gasteiger charge is 2.27. The van der Waals surface area contributed by atoms with E-state index in [1.54, 1.807) is 0 Å². The number of hydrogen-bond donors (Lipinski definition) is 2. The van der Waals surface area contributed by atoms with E-state index in [1.807, 2.05) is 18.2 Å². The van der Waals surface area contributed by atoms with Crippen LogP contribution in [0.2, 0.25) is 0 Å². The molecule has 1 saturated carbocycles. The fraction of sp³-hybridized carbons (Fsp3) is 0.529. The summed E-state index contributed by atoms with van der Waals surface area (Å²) in [5.74, 6) is 0.430. The first-order chi connectivity index (χ1) is 10.2. The van der Waals surface area contributed by atoms with Gasteiger partial charge >= 0.3 is 0 Å². The minimum atomic E-state index is -0.0989. The van der Waals surface area contributed by atoms with Gasteiger partial charge in [-0.3, -0.25) is 9.59 Å². The van der Waals surface area contributed by atoms with E-state index in [4.69, 9.17) is 0 Å². The molecule has 4 heteroatoms. The molecule has 1 aliphatic carbocycles. The van der Waals surface area contributed by atoms with Gasteiger partial charge in [-0.15, -0.1) is 0 Å². The van der Waals surface area contributed by atoms with Crippen LogP contribution in [0.3, 0.4) is 0 Å². The third-order valence-electron chi connectivity index (χ3n) is 4.07. The van der Waals surface area contributed by atoms with Crippen LogP contribution in [0.25, 0.3) is 0 Å². The normalized spacial score (nSPS) is 16.4. The molecule has 0 saturated heterocycles. The lowest BCUT2D eigenvalue weighted by molar-refractivity contribution is -0.122. The Bertz CT molecular complexity index is 467. The summed E-state index contributed by atoms with van der Waals surface area (Å²) in [4.78, 5) is 22.9. The van der Waals surface area contributed by atoms with Crippen LogP contribution < -0.4 is 10.6 Å². The van der Waals surface area contributed by atoms with Crippen LogP contribution in [0.5, 0.6) is 0 Å². The molecule has 0 bridgehead atoms. The number of carbonyl (C=O) groups is 2. The van der Waals surface area contributed by atoms with Crippen LogP contribution in [0.1, 0.15) is 50.6 Å². The number of nitrogens with one attached hydrogen (secondary N) is 2. The topological polar surface area (TPSA) is 58.2 Å². The van der Waals surface area contributed by atoms with Crippen molar-refractivity contribution in [2.24, 2.45) is 5.92 Å². The highest BCUT2D eigenvalue weighted by Crippen LogP contribution is 2.35. The molecule has 4 nitrogen and oxygen atoms in total. The molecule has 1 fully saturated rings. The molecule has 0 heterocycles. The van der Waals surface area contributed by atoms with Gasteiger partial charge in [0.15, 0.2) is 0 Å². The fourth-order valence-electron chi connectivity index (χ4n) is 3.02. The first-order valence-electron chi connectivity index (χ1n) is 7.75. The Kier molecular flexibility index (Phi) is 5.78. The summed E-state index contributed by atoms with van der Waals surface area (Å²) >= 11 is 0. The Balaban J connectivity index is 1.96. The minimum Gasteiger partial charge on any atom is -0.356 e. The second kappa shape index (κ2) is 7.81.